The molecule has 4 nitrogen and oxygen atoms in total. The number of anilines is 1. The van der Waals surface area contributed by atoms with E-state index < -0.39 is 0 Å². The van der Waals surface area contributed by atoms with Crippen LogP contribution >= 0.6 is 0 Å². The first-order valence-electron chi connectivity index (χ1n) is 7.89. The zero-order valence-electron chi connectivity index (χ0n) is 12.3. The molecule has 1 heterocycles. The Labute approximate surface area is 125 Å². The van der Waals surface area contributed by atoms with Crippen LogP contribution in [0.3, 0.4) is 0 Å². The van der Waals surface area contributed by atoms with Gasteiger partial charge in [0.15, 0.2) is 0 Å². The molecule has 0 atom stereocenters. The van der Waals surface area contributed by atoms with E-state index in [1.54, 1.807) is 4.57 Å². The van der Waals surface area contributed by atoms with E-state index in [4.69, 9.17) is 5.73 Å². The summed E-state index contributed by atoms with van der Waals surface area (Å²) in [6.07, 6.45) is 10.9. The number of aromatic nitrogens is 2. The first kappa shape index (κ1) is 14.0. The SMILES string of the molecule is Nc1ccc(-n2cc(CCCC3CCCC3)[nH]c2=O)cc1. The van der Waals surface area contributed by atoms with E-state index in [1.165, 1.54) is 32.1 Å². The molecule has 4 heteroatoms. The molecule has 2 aromatic rings. The van der Waals surface area contributed by atoms with Crippen molar-refractivity contribution in [1.82, 2.24) is 9.55 Å². The average Bonchev–Trinajstić information content (AvgIpc) is 3.10. The molecular formula is C17H23N3O. The number of nitrogens with one attached hydrogen (secondary N) is 1. The molecule has 0 radical (unpaired) electrons. The Kier molecular flexibility index (Phi) is 4.13. The quantitative estimate of drug-likeness (QED) is 0.828. The Morgan fingerprint density at radius 3 is 2.62 bits per heavy atom. The summed E-state index contributed by atoms with van der Waals surface area (Å²) < 4.78 is 1.66. The molecule has 112 valence electrons. The molecule has 3 rings (SSSR count). The number of aromatic amines is 1. The van der Waals surface area contributed by atoms with Crippen molar-refractivity contribution in [2.75, 3.05) is 5.73 Å². The highest BCUT2D eigenvalue weighted by Crippen LogP contribution is 2.28. The maximum atomic E-state index is 12.0. The lowest BCUT2D eigenvalue weighted by molar-refractivity contribution is 0.482. The molecule has 0 spiro atoms. The van der Waals surface area contributed by atoms with E-state index >= 15 is 0 Å². The second-order valence-electron chi connectivity index (χ2n) is 6.09. The normalized spacial score (nSPS) is 15.6. The van der Waals surface area contributed by atoms with Crippen LogP contribution in [0.2, 0.25) is 0 Å². The third kappa shape index (κ3) is 3.38. The predicted molar refractivity (Wildman–Crippen MR) is 85.7 cm³/mol. The molecule has 0 aliphatic heterocycles. The molecule has 3 N–H and O–H groups in total. The standard InChI is InChI=1S/C17H23N3O/c18-14-8-10-16(11-9-14)20-12-15(19-17(20)21)7-3-6-13-4-1-2-5-13/h8-13H,1-7,18H2,(H,19,21). The smallest absolute Gasteiger partial charge is 0.330 e. The minimum atomic E-state index is -0.0735. The summed E-state index contributed by atoms with van der Waals surface area (Å²) in [7, 11) is 0. The first-order valence-corrected chi connectivity index (χ1v) is 7.89. The number of hydrogen-bond donors (Lipinski definition) is 2. The van der Waals surface area contributed by atoms with Crippen molar-refractivity contribution >= 4 is 5.69 Å². The molecule has 0 saturated heterocycles. The number of rotatable bonds is 5. The number of hydrogen-bond acceptors (Lipinski definition) is 2. The Balaban J connectivity index is 1.63. The summed E-state index contributed by atoms with van der Waals surface area (Å²) in [5.74, 6) is 0.913. The average molecular weight is 285 g/mol. The van der Waals surface area contributed by atoms with Crippen molar-refractivity contribution in [1.29, 1.82) is 0 Å². The molecule has 0 amide bonds. The van der Waals surface area contributed by atoms with Gasteiger partial charge in [-0.15, -0.1) is 0 Å². The fourth-order valence-corrected chi connectivity index (χ4v) is 3.28. The van der Waals surface area contributed by atoms with Crippen molar-refractivity contribution in [3.63, 3.8) is 0 Å². The van der Waals surface area contributed by atoms with Crippen molar-refractivity contribution in [2.45, 2.75) is 44.9 Å². The predicted octanol–water partition coefficient (Wildman–Crippen LogP) is 3.26. The third-order valence-electron chi connectivity index (χ3n) is 4.48. The number of benzene rings is 1. The highest BCUT2D eigenvalue weighted by molar-refractivity contribution is 5.45. The number of nitrogens with two attached hydrogens (primary N) is 1. The lowest BCUT2D eigenvalue weighted by Crippen LogP contribution is -2.13. The van der Waals surface area contributed by atoms with Crippen LogP contribution in [0.1, 0.15) is 44.2 Å². The van der Waals surface area contributed by atoms with Crippen LogP contribution in [0, 0.1) is 5.92 Å². The zero-order valence-corrected chi connectivity index (χ0v) is 12.3. The molecule has 1 aliphatic carbocycles. The van der Waals surface area contributed by atoms with Crippen LogP contribution in [0.25, 0.3) is 5.69 Å². The monoisotopic (exact) mass is 285 g/mol. The highest BCUT2D eigenvalue weighted by Gasteiger charge is 2.14. The fraction of sp³-hybridized carbons (Fsp3) is 0.471. The fourth-order valence-electron chi connectivity index (χ4n) is 3.28. The van der Waals surface area contributed by atoms with Gasteiger partial charge in [0, 0.05) is 17.6 Å². The zero-order chi connectivity index (χ0) is 14.7. The second-order valence-corrected chi connectivity index (χ2v) is 6.09. The molecule has 0 bridgehead atoms. The lowest BCUT2D eigenvalue weighted by atomic mass is 10.0. The van der Waals surface area contributed by atoms with Crippen LogP contribution in [0.15, 0.2) is 35.3 Å². The van der Waals surface area contributed by atoms with Crippen molar-refractivity contribution in [3.05, 3.63) is 46.6 Å². The van der Waals surface area contributed by atoms with Gasteiger partial charge in [-0.05, 0) is 43.0 Å². The van der Waals surface area contributed by atoms with Gasteiger partial charge in [0.1, 0.15) is 0 Å². The number of imidazole rings is 1. The van der Waals surface area contributed by atoms with Gasteiger partial charge in [-0.1, -0.05) is 32.1 Å². The number of nitrogens with zero attached hydrogens (tertiary/aromatic N) is 1. The van der Waals surface area contributed by atoms with Crippen LogP contribution in [0.4, 0.5) is 5.69 Å². The number of aryl methyl sites for hydroxylation is 1. The van der Waals surface area contributed by atoms with Crippen LogP contribution in [-0.4, -0.2) is 9.55 Å². The first-order chi connectivity index (χ1) is 10.2. The van der Waals surface area contributed by atoms with E-state index in [9.17, 15) is 4.79 Å². The van der Waals surface area contributed by atoms with E-state index in [0.717, 1.165) is 30.1 Å². The van der Waals surface area contributed by atoms with Gasteiger partial charge in [0.25, 0.3) is 0 Å². The molecular weight excluding hydrogens is 262 g/mol. The molecule has 1 fully saturated rings. The topological polar surface area (TPSA) is 63.8 Å². The maximum Gasteiger partial charge on any atom is 0.330 e. The highest BCUT2D eigenvalue weighted by atomic mass is 16.1. The summed E-state index contributed by atoms with van der Waals surface area (Å²) in [5.41, 5.74) is 8.19. The van der Waals surface area contributed by atoms with Gasteiger partial charge in [-0.2, -0.15) is 0 Å². The van der Waals surface area contributed by atoms with Crippen LogP contribution in [-0.2, 0) is 6.42 Å². The van der Waals surface area contributed by atoms with E-state index in [-0.39, 0.29) is 5.69 Å². The van der Waals surface area contributed by atoms with E-state index in [2.05, 4.69) is 4.98 Å². The largest absolute Gasteiger partial charge is 0.399 e. The van der Waals surface area contributed by atoms with Crippen molar-refractivity contribution in [2.24, 2.45) is 5.92 Å². The molecule has 0 unspecified atom stereocenters. The summed E-state index contributed by atoms with van der Waals surface area (Å²) >= 11 is 0. The molecule has 1 aromatic carbocycles. The molecule has 1 saturated carbocycles. The van der Waals surface area contributed by atoms with Crippen molar-refractivity contribution in [3.8, 4) is 5.69 Å². The van der Waals surface area contributed by atoms with Gasteiger partial charge in [-0.3, -0.25) is 4.57 Å². The lowest BCUT2D eigenvalue weighted by Gasteiger charge is -2.06. The number of nitrogen functional groups attached to an aromatic ring is 1. The van der Waals surface area contributed by atoms with Gasteiger partial charge >= 0.3 is 5.69 Å². The van der Waals surface area contributed by atoms with E-state index in [1.807, 2.05) is 30.5 Å². The Hall–Kier alpha value is -1.97. The van der Waals surface area contributed by atoms with Gasteiger partial charge < -0.3 is 10.7 Å². The Morgan fingerprint density at radius 1 is 1.19 bits per heavy atom. The summed E-state index contributed by atoms with van der Waals surface area (Å²) in [5, 5.41) is 0. The number of H-pyrrole nitrogens is 1. The molecule has 21 heavy (non-hydrogen) atoms. The maximum absolute atomic E-state index is 12.0. The van der Waals surface area contributed by atoms with Crippen LogP contribution < -0.4 is 11.4 Å². The van der Waals surface area contributed by atoms with Crippen LogP contribution in [0.5, 0.6) is 0 Å². The third-order valence-corrected chi connectivity index (χ3v) is 4.48. The minimum Gasteiger partial charge on any atom is -0.399 e. The Morgan fingerprint density at radius 2 is 1.90 bits per heavy atom. The second kappa shape index (κ2) is 6.20. The van der Waals surface area contributed by atoms with Gasteiger partial charge in [-0.25, -0.2) is 4.79 Å². The summed E-state index contributed by atoms with van der Waals surface area (Å²) in [6.45, 7) is 0. The molecule has 1 aromatic heterocycles. The van der Waals surface area contributed by atoms with Crippen molar-refractivity contribution < 1.29 is 0 Å². The van der Waals surface area contributed by atoms with Gasteiger partial charge in [0.05, 0.1) is 5.69 Å². The van der Waals surface area contributed by atoms with Gasteiger partial charge in [0.2, 0.25) is 0 Å². The minimum absolute atomic E-state index is 0.0735. The van der Waals surface area contributed by atoms with E-state index in [0.29, 0.717) is 5.69 Å². The Bertz CT molecular complexity index is 633. The molecule has 1 aliphatic rings. The summed E-state index contributed by atoms with van der Waals surface area (Å²) in [6, 6.07) is 7.36. The summed E-state index contributed by atoms with van der Waals surface area (Å²) in [4.78, 5) is 15.0.